The maximum atomic E-state index is 8.81. The quantitative estimate of drug-likeness (QED) is 0.266. The number of rotatable bonds is 7. The lowest BCUT2D eigenvalue weighted by Crippen LogP contribution is -2.32. The zero-order valence-electron chi connectivity index (χ0n) is 12.6. The Balaban J connectivity index is 1.63. The van der Waals surface area contributed by atoms with Crippen LogP contribution in [-0.4, -0.2) is 31.6 Å². The molecule has 0 spiro atoms. The summed E-state index contributed by atoms with van der Waals surface area (Å²) in [5.74, 6) is 3.00. The number of aromatic nitrogens is 3. The van der Waals surface area contributed by atoms with Crippen LogP contribution in [0.3, 0.4) is 0 Å². The first-order valence-corrected chi connectivity index (χ1v) is 8.57. The zero-order chi connectivity index (χ0) is 15.0. The number of nitrogens with zero attached hydrogens (tertiary/aromatic N) is 4. The Kier molecular flexibility index (Phi) is 3.86. The molecule has 7 heteroatoms. The molecule has 3 rings (SSSR count). The van der Waals surface area contributed by atoms with Gasteiger partial charge in [0.2, 0.25) is 0 Å². The van der Waals surface area contributed by atoms with Crippen molar-refractivity contribution in [2.75, 3.05) is 5.75 Å². The van der Waals surface area contributed by atoms with Gasteiger partial charge in [-0.1, -0.05) is 30.8 Å². The van der Waals surface area contributed by atoms with E-state index in [1.165, 1.54) is 31.5 Å². The van der Waals surface area contributed by atoms with Gasteiger partial charge in [-0.05, 0) is 32.1 Å². The Morgan fingerprint density at radius 1 is 1.38 bits per heavy atom. The van der Waals surface area contributed by atoms with Crippen LogP contribution < -0.4 is 5.73 Å². The van der Waals surface area contributed by atoms with Crippen LogP contribution in [0.1, 0.15) is 63.7 Å². The molecule has 2 aliphatic carbocycles. The largest absolute Gasteiger partial charge is 0.409 e. The highest BCUT2D eigenvalue weighted by Gasteiger charge is 2.36. The molecule has 21 heavy (non-hydrogen) atoms. The number of amidine groups is 1. The smallest absolute Gasteiger partial charge is 0.191 e. The van der Waals surface area contributed by atoms with Gasteiger partial charge in [-0.2, -0.15) is 0 Å². The monoisotopic (exact) mass is 309 g/mol. The number of oxime groups is 1. The minimum absolute atomic E-state index is 0.283. The average molecular weight is 309 g/mol. The SMILES string of the molecule is CC(C)(CCSc1nnc(C2CC2)n1C1CC1)C(N)=NO. The fourth-order valence-corrected chi connectivity index (χ4v) is 3.62. The second-order valence-electron chi connectivity index (χ2n) is 6.68. The normalized spacial score (nSPS) is 20.0. The Bertz CT molecular complexity index is 546. The van der Waals surface area contributed by atoms with Gasteiger partial charge in [-0.25, -0.2) is 0 Å². The molecule has 116 valence electrons. The lowest BCUT2D eigenvalue weighted by Gasteiger charge is -2.22. The maximum absolute atomic E-state index is 8.81. The van der Waals surface area contributed by atoms with E-state index in [0.717, 1.165) is 17.3 Å². The van der Waals surface area contributed by atoms with Gasteiger partial charge in [-0.3, -0.25) is 0 Å². The number of hydrogen-bond donors (Lipinski definition) is 2. The predicted octanol–water partition coefficient (Wildman–Crippen LogP) is 2.75. The number of thioether (sulfide) groups is 1. The summed E-state index contributed by atoms with van der Waals surface area (Å²) in [6.07, 6.45) is 5.85. The van der Waals surface area contributed by atoms with E-state index in [-0.39, 0.29) is 11.3 Å². The van der Waals surface area contributed by atoms with E-state index >= 15 is 0 Å². The molecule has 1 heterocycles. The van der Waals surface area contributed by atoms with Crippen molar-refractivity contribution in [3.05, 3.63) is 5.82 Å². The third-order valence-electron chi connectivity index (χ3n) is 4.30. The molecule has 0 amide bonds. The molecule has 2 fully saturated rings. The third-order valence-corrected chi connectivity index (χ3v) is 5.25. The second kappa shape index (κ2) is 5.51. The fraction of sp³-hybridized carbons (Fsp3) is 0.786. The van der Waals surface area contributed by atoms with Crippen molar-refractivity contribution in [1.82, 2.24) is 14.8 Å². The first kappa shape index (κ1) is 14.7. The maximum Gasteiger partial charge on any atom is 0.191 e. The summed E-state index contributed by atoms with van der Waals surface area (Å²) in [4.78, 5) is 0. The highest BCUT2D eigenvalue weighted by molar-refractivity contribution is 7.99. The Hall–Kier alpha value is -1.24. The molecule has 1 aromatic rings. The highest BCUT2D eigenvalue weighted by atomic mass is 32.2. The van der Waals surface area contributed by atoms with Gasteiger partial charge in [0.1, 0.15) is 11.7 Å². The summed E-state index contributed by atoms with van der Waals surface area (Å²) in [5, 5.41) is 21.8. The summed E-state index contributed by atoms with van der Waals surface area (Å²) < 4.78 is 2.36. The van der Waals surface area contributed by atoms with E-state index in [1.54, 1.807) is 11.8 Å². The Morgan fingerprint density at radius 3 is 2.67 bits per heavy atom. The second-order valence-corrected chi connectivity index (χ2v) is 7.75. The predicted molar refractivity (Wildman–Crippen MR) is 82.8 cm³/mol. The van der Waals surface area contributed by atoms with E-state index in [9.17, 15) is 0 Å². The molecule has 0 bridgehead atoms. The minimum Gasteiger partial charge on any atom is -0.409 e. The lowest BCUT2D eigenvalue weighted by atomic mass is 9.89. The van der Waals surface area contributed by atoms with Crippen LogP contribution in [0.5, 0.6) is 0 Å². The van der Waals surface area contributed by atoms with Crippen LogP contribution in [0.25, 0.3) is 0 Å². The Morgan fingerprint density at radius 2 is 2.10 bits per heavy atom. The van der Waals surface area contributed by atoms with Crippen LogP contribution in [-0.2, 0) is 0 Å². The summed E-state index contributed by atoms with van der Waals surface area (Å²) in [7, 11) is 0. The zero-order valence-corrected chi connectivity index (χ0v) is 13.4. The Labute approximate surface area is 129 Å². The van der Waals surface area contributed by atoms with Crippen molar-refractivity contribution in [1.29, 1.82) is 0 Å². The van der Waals surface area contributed by atoms with Crippen molar-refractivity contribution in [3.8, 4) is 0 Å². The molecule has 6 nitrogen and oxygen atoms in total. The molecular weight excluding hydrogens is 286 g/mol. The van der Waals surface area contributed by atoms with Gasteiger partial charge in [0.25, 0.3) is 0 Å². The van der Waals surface area contributed by atoms with Crippen molar-refractivity contribution >= 4 is 17.6 Å². The molecule has 0 radical (unpaired) electrons. The van der Waals surface area contributed by atoms with Crippen LogP contribution in [0, 0.1) is 5.41 Å². The minimum atomic E-state index is -0.300. The van der Waals surface area contributed by atoms with E-state index < -0.39 is 0 Å². The molecule has 3 N–H and O–H groups in total. The van der Waals surface area contributed by atoms with Crippen LogP contribution >= 0.6 is 11.8 Å². The molecule has 0 unspecified atom stereocenters. The standard InChI is InChI=1S/C14H23N5OS/c1-14(2,12(15)18-20)7-8-21-13-17-16-11(9-3-4-9)19(13)10-5-6-10/h9-10,20H,3-8H2,1-2H3,(H2,15,18). The van der Waals surface area contributed by atoms with Crippen LogP contribution in [0.2, 0.25) is 0 Å². The fourth-order valence-electron chi connectivity index (χ4n) is 2.34. The van der Waals surface area contributed by atoms with Crippen LogP contribution in [0.15, 0.2) is 10.3 Å². The highest BCUT2D eigenvalue weighted by Crippen LogP contribution is 2.46. The molecule has 1 aromatic heterocycles. The molecule has 0 atom stereocenters. The van der Waals surface area contributed by atoms with Crippen molar-refractivity contribution in [2.45, 2.75) is 63.1 Å². The van der Waals surface area contributed by atoms with Gasteiger partial charge in [0.05, 0.1) is 0 Å². The van der Waals surface area contributed by atoms with Gasteiger partial charge in [0.15, 0.2) is 5.16 Å². The van der Waals surface area contributed by atoms with Gasteiger partial charge < -0.3 is 15.5 Å². The van der Waals surface area contributed by atoms with Gasteiger partial charge in [-0.15, -0.1) is 10.2 Å². The first-order valence-electron chi connectivity index (χ1n) is 7.58. The van der Waals surface area contributed by atoms with E-state index in [1.807, 2.05) is 13.8 Å². The van der Waals surface area contributed by atoms with Crippen molar-refractivity contribution < 1.29 is 5.21 Å². The molecule has 0 saturated heterocycles. The molecule has 2 aliphatic rings. The van der Waals surface area contributed by atoms with E-state index in [4.69, 9.17) is 10.9 Å². The van der Waals surface area contributed by atoms with E-state index in [2.05, 4.69) is 19.9 Å². The summed E-state index contributed by atoms with van der Waals surface area (Å²) in [6, 6.07) is 0.621. The summed E-state index contributed by atoms with van der Waals surface area (Å²) in [6.45, 7) is 3.98. The van der Waals surface area contributed by atoms with Crippen molar-refractivity contribution in [3.63, 3.8) is 0 Å². The summed E-state index contributed by atoms with van der Waals surface area (Å²) >= 11 is 1.73. The van der Waals surface area contributed by atoms with Gasteiger partial charge in [0, 0.05) is 23.1 Å². The topological polar surface area (TPSA) is 89.3 Å². The molecule has 0 aliphatic heterocycles. The summed E-state index contributed by atoms with van der Waals surface area (Å²) in [5.41, 5.74) is 5.43. The molecular formula is C14H23N5OS. The molecule has 2 saturated carbocycles. The number of nitrogens with two attached hydrogens (primary N) is 1. The third kappa shape index (κ3) is 3.17. The van der Waals surface area contributed by atoms with Crippen LogP contribution in [0.4, 0.5) is 0 Å². The molecule has 0 aromatic carbocycles. The lowest BCUT2D eigenvalue weighted by molar-refractivity contribution is 0.307. The van der Waals surface area contributed by atoms with Gasteiger partial charge >= 0.3 is 0 Å². The average Bonchev–Trinajstić information content (AvgIpc) is 3.37. The first-order chi connectivity index (χ1) is 10.0. The van der Waals surface area contributed by atoms with Crippen molar-refractivity contribution in [2.24, 2.45) is 16.3 Å². The number of hydrogen-bond acceptors (Lipinski definition) is 5. The van der Waals surface area contributed by atoms with E-state index in [0.29, 0.717) is 12.0 Å².